The lowest BCUT2D eigenvalue weighted by Gasteiger charge is -2.24. The van der Waals surface area contributed by atoms with Gasteiger partial charge >= 0.3 is 0 Å². The maximum atomic E-state index is 5.40. The van der Waals surface area contributed by atoms with Gasteiger partial charge in [-0.05, 0) is 32.0 Å². The van der Waals surface area contributed by atoms with Gasteiger partial charge in [-0.1, -0.05) is 25.1 Å². The Hall–Kier alpha value is -1.06. The zero-order chi connectivity index (χ0) is 13.0. The number of likely N-dealkylation sites (N-methyl/N-ethyl adjacent to an activating group) is 1. The molecule has 100 valence electrons. The number of methoxy groups -OCH3 is 1. The number of hydrogen-bond donors (Lipinski definition) is 1. The number of benzene rings is 1. The van der Waals surface area contributed by atoms with Crippen LogP contribution in [0.25, 0.3) is 0 Å². The highest BCUT2D eigenvalue weighted by molar-refractivity contribution is 5.33. The Kier molecular flexibility index (Phi) is 4.61. The molecule has 0 bridgehead atoms. The van der Waals surface area contributed by atoms with Crippen LogP contribution in [0.5, 0.6) is 5.75 Å². The van der Waals surface area contributed by atoms with Gasteiger partial charge in [-0.3, -0.25) is 0 Å². The molecule has 1 aliphatic heterocycles. The second-order valence-electron chi connectivity index (χ2n) is 5.34. The van der Waals surface area contributed by atoms with E-state index in [-0.39, 0.29) is 0 Å². The molecule has 1 aromatic rings. The van der Waals surface area contributed by atoms with Crippen LogP contribution >= 0.6 is 0 Å². The lowest BCUT2D eigenvalue weighted by atomic mass is 10.0. The third kappa shape index (κ3) is 3.24. The highest BCUT2D eigenvalue weighted by atomic mass is 16.5. The van der Waals surface area contributed by atoms with E-state index in [2.05, 4.69) is 36.3 Å². The van der Waals surface area contributed by atoms with E-state index in [4.69, 9.17) is 4.74 Å². The largest absolute Gasteiger partial charge is 0.496 e. The number of para-hydroxylation sites is 1. The van der Waals surface area contributed by atoms with Crippen molar-refractivity contribution in [3.05, 3.63) is 29.8 Å². The zero-order valence-corrected chi connectivity index (χ0v) is 11.6. The van der Waals surface area contributed by atoms with Gasteiger partial charge < -0.3 is 15.0 Å². The minimum atomic E-state index is 0.629. The molecule has 2 unspecified atom stereocenters. The average Bonchev–Trinajstić information content (AvgIpc) is 2.75. The topological polar surface area (TPSA) is 24.5 Å². The molecule has 2 rings (SSSR count). The van der Waals surface area contributed by atoms with Crippen LogP contribution in [0.2, 0.25) is 0 Å². The Balaban J connectivity index is 1.92. The van der Waals surface area contributed by atoms with Crippen LogP contribution in [0.15, 0.2) is 24.3 Å². The van der Waals surface area contributed by atoms with Crippen molar-refractivity contribution in [3.8, 4) is 5.75 Å². The molecule has 18 heavy (non-hydrogen) atoms. The predicted octanol–water partition coefficient (Wildman–Crippen LogP) is 2.12. The third-order valence-corrected chi connectivity index (χ3v) is 3.83. The Bertz CT molecular complexity index is 381. The summed E-state index contributed by atoms with van der Waals surface area (Å²) in [5.41, 5.74) is 1.26. The summed E-state index contributed by atoms with van der Waals surface area (Å²) in [6, 6.07) is 8.88. The van der Waals surface area contributed by atoms with E-state index in [1.54, 1.807) is 7.11 Å². The molecule has 1 aromatic carbocycles. The quantitative estimate of drug-likeness (QED) is 0.864. The molecule has 1 aliphatic rings. The maximum Gasteiger partial charge on any atom is 0.123 e. The predicted molar refractivity (Wildman–Crippen MR) is 74.9 cm³/mol. The van der Waals surface area contributed by atoms with Gasteiger partial charge in [0.15, 0.2) is 0 Å². The maximum absolute atomic E-state index is 5.40. The molecule has 1 saturated heterocycles. The summed E-state index contributed by atoms with van der Waals surface area (Å²) in [6.07, 6.45) is 1.30. The molecule has 2 atom stereocenters. The molecule has 3 nitrogen and oxygen atoms in total. The summed E-state index contributed by atoms with van der Waals surface area (Å²) in [4.78, 5) is 2.37. The summed E-state index contributed by atoms with van der Waals surface area (Å²) >= 11 is 0. The molecule has 1 heterocycles. The van der Waals surface area contributed by atoms with Gasteiger partial charge in [0, 0.05) is 24.7 Å². The highest BCUT2D eigenvalue weighted by Gasteiger charge is 2.23. The summed E-state index contributed by atoms with van der Waals surface area (Å²) < 4.78 is 5.40. The lowest BCUT2D eigenvalue weighted by molar-refractivity contribution is 0.267. The molecule has 3 heteroatoms. The van der Waals surface area contributed by atoms with E-state index >= 15 is 0 Å². The van der Waals surface area contributed by atoms with E-state index in [0.717, 1.165) is 31.3 Å². The number of nitrogens with zero attached hydrogens (tertiary/aromatic N) is 1. The first kappa shape index (κ1) is 13.4. The summed E-state index contributed by atoms with van der Waals surface area (Å²) in [5, 5.41) is 3.58. The monoisotopic (exact) mass is 248 g/mol. The van der Waals surface area contributed by atoms with Crippen LogP contribution in [0.1, 0.15) is 18.9 Å². The standard InChI is InChI=1S/C15H24N2O/c1-12-8-9-16-14(12)11-17(2)10-13-6-4-5-7-15(13)18-3/h4-7,12,14,16H,8-11H2,1-3H3. The minimum absolute atomic E-state index is 0.629. The summed E-state index contributed by atoms with van der Waals surface area (Å²) in [5.74, 6) is 1.77. The Morgan fingerprint density at radius 2 is 2.17 bits per heavy atom. The molecule has 0 radical (unpaired) electrons. The number of rotatable bonds is 5. The second-order valence-corrected chi connectivity index (χ2v) is 5.34. The molecule has 0 spiro atoms. The number of hydrogen-bond acceptors (Lipinski definition) is 3. The minimum Gasteiger partial charge on any atom is -0.496 e. The van der Waals surface area contributed by atoms with Crippen LogP contribution in [0.4, 0.5) is 0 Å². The van der Waals surface area contributed by atoms with E-state index in [9.17, 15) is 0 Å². The van der Waals surface area contributed by atoms with Crippen molar-refractivity contribution >= 4 is 0 Å². The van der Waals surface area contributed by atoms with Crippen LogP contribution in [-0.2, 0) is 6.54 Å². The third-order valence-electron chi connectivity index (χ3n) is 3.83. The molecule has 0 amide bonds. The lowest BCUT2D eigenvalue weighted by Crippen LogP contribution is -2.38. The Labute approximate surface area is 110 Å². The highest BCUT2D eigenvalue weighted by Crippen LogP contribution is 2.20. The van der Waals surface area contributed by atoms with Gasteiger partial charge in [-0.2, -0.15) is 0 Å². The molecular weight excluding hydrogens is 224 g/mol. The first-order chi connectivity index (χ1) is 8.70. The molecule has 1 N–H and O–H groups in total. The SMILES string of the molecule is COc1ccccc1CN(C)CC1NCCC1C. The van der Waals surface area contributed by atoms with Crippen molar-refractivity contribution in [2.45, 2.75) is 25.9 Å². The molecular formula is C15H24N2O. The van der Waals surface area contributed by atoms with E-state index in [1.165, 1.54) is 12.0 Å². The van der Waals surface area contributed by atoms with Gasteiger partial charge in [0.25, 0.3) is 0 Å². The van der Waals surface area contributed by atoms with Crippen LogP contribution < -0.4 is 10.1 Å². The van der Waals surface area contributed by atoms with E-state index in [0.29, 0.717) is 6.04 Å². The molecule has 0 aliphatic carbocycles. The normalized spacial score (nSPS) is 23.6. The summed E-state index contributed by atoms with van der Waals surface area (Å²) in [7, 11) is 3.92. The van der Waals surface area contributed by atoms with Gasteiger partial charge in [0.05, 0.1) is 7.11 Å². The van der Waals surface area contributed by atoms with Gasteiger partial charge in [-0.25, -0.2) is 0 Å². The number of nitrogens with one attached hydrogen (secondary N) is 1. The van der Waals surface area contributed by atoms with Crippen molar-refractivity contribution in [2.75, 3.05) is 27.2 Å². The van der Waals surface area contributed by atoms with Crippen molar-refractivity contribution in [1.82, 2.24) is 10.2 Å². The number of ether oxygens (including phenoxy) is 1. The molecule has 0 saturated carbocycles. The fraction of sp³-hybridized carbons (Fsp3) is 0.600. The smallest absolute Gasteiger partial charge is 0.123 e. The van der Waals surface area contributed by atoms with Crippen molar-refractivity contribution in [2.24, 2.45) is 5.92 Å². The van der Waals surface area contributed by atoms with Gasteiger partial charge in [-0.15, -0.1) is 0 Å². The van der Waals surface area contributed by atoms with E-state index < -0.39 is 0 Å². The summed E-state index contributed by atoms with van der Waals surface area (Å²) in [6.45, 7) is 5.53. The van der Waals surface area contributed by atoms with Crippen LogP contribution in [-0.4, -0.2) is 38.2 Å². The molecule has 1 fully saturated rings. The molecule has 0 aromatic heterocycles. The van der Waals surface area contributed by atoms with Crippen molar-refractivity contribution < 1.29 is 4.74 Å². The average molecular weight is 248 g/mol. The Morgan fingerprint density at radius 1 is 1.39 bits per heavy atom. The fourth-order valence-corrected chi connectivity index (χ4v) is 2.67. The van der Waals surface area contributed by atoms with Crippen LogP contribution in [0, 0.1) is 5.92 Å². The van der Waals surface area contributed by atoms with Gasteiger partial charge in [0.1, 0.15) is 5.75 Å². The Morgan fingerprint density at radius 3 is 2.83 bits per heavy atom. The zero-order valence-electron chi connectivity index (χ0n) is 11.6. The van der Waals surface area contributed by atoms with Gasteiger partial charge in [0.2, 0.25) is 0 Å². The second kappa shape index (κ2) is 6.21. The van der Waals surface area contributed by atoms with E-state index in [1.807, 2.05) is 12.1 Å². The first-order valence-corrected chi connectivity index (χ1v) is 6.74. The van der Waals surface area contributed by atoms with Crippen molar-refractivity contribution in [3.63, 3.8) is 0 Å². The van der Waals surface area contributed by atoms with Crippen LogP contribution in [0.3, 0.4) is 0 Å². The fourth-order valence-electron chi connectivity index (χ4n) is 2.67. The van der Waals surface area contributed by atoms with Crippen molar-refractivity contribution in [1.29, 1.82) is 0 Å². The first-order valence-electron chi connectivity index (χ1n) is 6.74.